The van der Waals surface area contributed by atoms with Crippen molar-refractivity contribution < 1.29 is 14.6 Å². The molecule has 2 atom stereocenters. The number of hydrogen-bond acceptors (Lipinski definition) is 5. The van der Waals surface area contributed by atoms with Gasteiger partial charge >= 0.3 is 5.76 Å². The first kappa shape index (κ1) is 12.3. The van der Waals surface area contributed by atoms with E-state index in [9.17, 15) is 15.0 Å². The first-order chi connectivity index (χ1) is 8.11. The van der Waals surface area contributed by atoms with Crippen molar-refractivity contribution in [3.63, 3.8) is 0 Å². The van der Waals surface area contributed by atoms with Gasteiger partial charge in [0.25, 0.3) is 0 Å². The fourth-order valence-electron chi connectivity index (χ4n) is 1.51. The van der Waals surface area contributed by atoms with Gasteiger partial charge < -0.3 is 14.6 Å². The zero-order valence-electron chi connectivity index (χ0n) is 8.76. The Balaban J connectivity index is 2.32. The molecule has 2 aromatic heterocycles. The number of fused-ring (bicyclic) bond motifs is 1. The Morgan fingerprint density at radius 1 is 1.53 bits per heavy atom. The van der Waals surface area contributed by atoms with Gasteiger partial charge in [-0.15, -0.1) is 0 Å². The lowest BCUT2D eigenvalue weighted by atomic mass is 10.0. The van der Waals surface area contributed by atoms with E-state index in [-0.39, 0.29) is 5.58 Å². The summed E-state index contributed by atoms with van der Waals surface area (Å²) in [6, 6.07) is 1.49. The van der Waals surface area contributed by atoms with E-state index in [4.69, 9.17) is 4.42 Å². The SMILES string of the molecule is O=c1[nH]c2ncc(C(O)C(O)CCBr)cc2o1. The summed E-state index contributed by atoms with van der Waals surface area (Å²) in [7, 11) is 0. The molecule has 0 aliphatic carbocycles. The van der Waals surface area contributed by atoms with E-state index in [1.54, 1.807) is 0 Å². The van der Waals surface area contributed by atoms with Crippen LogP contribution in [0.3, 0.4) is 0 Å². The Bertz CT molecular complexity index is 565. The third-order valence-electron chi connectivity index (χ3n) is 2.41. The highest BCUT2D eigenvalue weighted by atomic mass is 79.9. The standard InChI is InChI=1S/C10H11BrN2O4/c11-2-1-6(14)8(15)5-3-7-9(12-4-5)13-10(16)17-7/h3-4,6,8,14-15H,1-2H2,(H,12,13,16). The molecule has 7 heteroatoms. The van der Waals surface area contributed by atoms with Crippen LogP contribution in [0.25, 0.3) is 11.2 Å². The maximum atomic E-state index is 10.9. The number of halogens is 1. The average molecular weight is 303 g/mol. The minimum absolute atomic E-state index is 0.262. The summed E-state index contributed by atoms with van der Waals surface area (Å²) >= 11 is 3.18. The van der Waals surface area contributed by atoms with Crippen LogP contribution >= 0.6 is 15.9 Å². The van der Waals surface area contributed by atoms with Gasteiger partial charge in [0.1, 0.15) is 6.10 Å². The van der Waals surface area contributed by atoms with E-state index in [2.05, 4.69) is 25.9 Å². The molecule has 0 amide bonds. The molecule has 0 fully saturated rings. The number of oxazole rings is 1. The molecule has 92 valence electrons. The summed E-state index contributed by atoms with van der Waals surface area (Å²) in [6.07, 6.45) is -0.129. The van der Waals surface area contributed by atoms with Crippen molar-refractivity contribution in [3.05, 3.63) is 28.4 Å². The number of nitrogens with zero attached hydrogens (tertiary/aromatic N) is 1. The van der Waals surface area contributed by atoms with Gasteiger partial charge in [-0.1, -0.05) is 15.9 Å². The van der Waals surface area contributed by atoms with Crippen molar-refractivity contribution >= 4 is 27.2 Å². The van der Waals surface area contributed by atoms with E-state index >= 15 is 0 Å². The number of H-pyrrole nitrogens is 1. The molecule has 0 bridgehead atoms. The van der Waals surface area contributed by atoms with Crippen LogP contribution in [0.5, 0.6) is 0 Å². The Morgan fingerprint density at radius 2 is 2.29 bits per heavy atom. The number of aromatic amines is 1. The number of aliphatic hydroxyl groups is 2. The van der Waals surface area contributed by atoms with Gasteiger partial charge in [0.15, 0.2) is 11.2 Å². The second-order valence-electron chi connectivity index (χ2n) is 3.62. The molecule has 0 aromatic carbocycles. The highest BCUT2D eigenvalue weighted by molar-refractivity contribution is 9.09. The molecule has 0 spiro atoms. The number of hydrogen-bond donors (Lipinski definition) is 3. The Hall–Kier alpha value is -1.18. The molecule has 2 rings (SSSR count). The van der Waals surface area contributed by atoms with Gasteiger partial charge in [0.2, 0.25) is 0 Å². The lowest BCUT2D eigenvalue weighted by molar-refractivity contribution is 0.0172. The topological polar surface area (TPSA) is 99.4 Å². The van der Waals surface area contributed by atoms with Gasteiger partial charge in [0, 0.05) is 17.1 Å². The van der Waals surface area contributed by atoms with Crippen LogP contribution in [-0.2, 0) is 0 Å². The second-order valence-corrected chi connectivity index (χ2v) is 4.41. The highest BCUT2D eigenvalue weighted by Gasteiger charge is 2.19. The van der Waals surface area contributed by atoms with E-state index in [0.29, 0.717) is 23.0 Å². The van der Waals surface area contributed by atoms with Crippen LogP contribution in [0.1, 0.15) is 18.1 Å². The Kier molecular flexibility index (Phi) is 3.60. The first-order valence-electron chi connectivity index (χ1n) is 5.02. The average Bonchev–Trinajstić information content (AvgIpc) is 2.67. The molecule has 2 heterocycles. The predicted molar refractivity (Wildman–Crippen MR) is 64.0 cm³/mol. The van der Waals surface area contributed by atoms with Crippen LogP contribution in [-0.4, -0.2) is 31.6 Å². The second kappa shape index (κ2) is 4.99. The zero-order valence-corrected chi connectivity index (χ0v) is 10.3. The maximum Gasteiger partial charge on any atom is 0.418 e. The van der Waals surface area contributed by atoms with Crippen molar-refractivity contribution in [2.75, 3.05) is 5.33 Å². The highest BCUT2D eigenvalue weighted by Crippen LogP contribution is 2.21. The summed E-state index contributed by atoms with van der Waals surface area (Å²) in [6.45, 7) is 0. The summed E-state index contributed by atoms with van der Waals surface area (Å²) < 4.78 is 4.82. The Morgan fingerprint density at radius 3 is 3.00 bits per heavy atom. The monoisotopic (exact) mass is 302 g/mol. The molecule has 2 unspecified atom stereocenters. The van der Waals surface area contributed by atoms with E-state index < -0.39 is 18.0 Å². The third-order valence-corrected chi connectivity index (χ3v) is 2.87. The number of aliphatic hydroxyl groups excluding tert-OH is 2. The van der Waals surface area contributed by atoms with Crippen LogP contribution in [0, 0.1) is 0 Å². The van der Waals surface area contributed by atoms with Gasteiger partial charge in [-0.3, -0.25) is 4.98 Å². The van der Waals surface area contributed by atoms with E-state index in [0.717, 1.165) is 0 Å². The molecule has 3 N–H and O–H groups in total. The summed E-state index contributed by atoms with van der Waals surface area (Å²) in [5, 5.41) is 20.1. The zero-order chi connectivity index (χ0) is 12.4. The number of aromatic nitrogens is 2. The molecule has 2 aromatic rings. The molecule has 0 aliphatic rings. The van der Waals surface area contributed by atoms with Crippen molar-refractivity contribution in [1.82, 2.24) is 9.97 Å². The van der Waals surface area contributed by atoms with Gasteiger partial charge in [-0.05, 0) is 12.5 Å². The molecule has 0 radical (unpaired) electrons. The fourth-order valence-corrected chi connectivity index (χ4v) is 1.98. The number of rotatable bonds is 4. The minimum atomic E-state index is -1.05. The van der Waals surface area contributed by atoms with Crippen LogP contribution in [0.2, 0.25) is 0 Å². The fraction of sp³-hybridized carbons (Fsp3) is 0.400. The van der Waals surface area contributed by atoms with Crippen molar-refractivity contribution in [2.45, 2.75) is 18.6 Å². The molecular weight excluding hydrogens is 292 g/mol. The predicted octanol–water partition coefficient (Wildman–Crippen LogP) is 0.695. The number of alkyl halides is 1. The van der Waals surface area contributed by atoms with Crippen molar-refractivity contribution in [3.8, 4) is 0 Å². The smallest absolute Gasteiger partial charge is 0.406 e. The number of nitrogens with one attached hydrogen (secondary N) is 1. The van der Waals surface area contributed by atoms with Crippen molar-refractivity contribution in [1.29, 1.82) is 0 Å². The minimum Gasteiger partial charge on any atom is -0.406 e. The molecule has 6 nitrogen and oxygen atoms in total. The van der Waals surface area contributed by atoms with Gasteiger partial charge in [-0.2, -0.15) is 0 Å². The Labute approximate surface area is 104 Å². The summed E-state index contributed by atoms with van der Waals surface area (Å²) in [5.74, 6) is -0.597. The summed E-state index contributed by atoms with van der Waals surface area (Å²) in [5.41, 5.74) is 0.993. The quantitative estimate of drug-likeness (QED) is 0.722. The largest absolute Gasteiger partial charge is 0.418 e. The van der Waals surface area contributed by atoms with Crippen molar-refractivity contribution in [2.24, 2.45) is 0 Å². The third kappa shape index (κ3) is 2.56. The van der Waals surface area contributed by atoms with Crippen LogP contribution < -0.4 is 5.76 Å². The van der Waals surface area contributed by atoms with Crippen LogP contribution in [0.4, 0.5) is 0 Å². The van der Waals surface area contributed by atoms with E-state index in [1.165, 1.54) is 12.3 Å². The van der Waals surface area contributed by atoms with Crippen LogP contribution in [0.15, 0.2) is 21.5 Å². The first-order valence-corrected chi connectivity index (χ1v) is 6.15. The maximum absolute atomic E-state index is 10.9. The molecule has 0 saturated carbocycles. The molecule has 0 saturated heterocycles. The van der Waals surface area contributed by atoms with Gasteiger partial charge in [0.05, 0.1) is 6.10 Å². The lowest BCUT2D eigenvalue weighted by Crippen LogP contribution is -2.18. The number of pyridine rings is 1. The van der Waals surface area contributed by atoms with E-state index in [1.807, 2.05) is 0 Å². The molecular formula is C10H11BrN2O4. The van der Waals surface area contributed by atoms with Gasteiger partial charge in [-0.25, -0.2) is 9.78 Å². The molecule has 17 heavy (non-hydrogen) atoms. The summed E-state index contributed by atoms with van der Waals surface area (Å²) in [4.78, 5) is 17.3. The normalized spacial score (nSPS) is 15.0. The molecule has 0 aliphatic heterocycles. The lowest BCUT2D eigenvalue weighted by Gasteiger charge is -2.16.